The molecule has 0 aliphatic rings. The van der Waals surface area contributed by atoms with Crippen LogP contribution in [-0.2, 0) is 6.42 Å². The van der Waals surface area contributed by atoms with E-state index in [1.165, 1.54) is 16.7 Å². The zero-order chi connectivity index (χ0) is 15.1. The fourth-order valence-corrected chi connectivity index (χ4v) is 2.47. The number of benzene rings is 2. The molecule has 0 aliphatic heterocycles. The largest absolute Gasteiger partial charge is 0.362 e. The third kappa shape index (κ3) is 5.20. The van der Waals surface area contributed by atoms with Crippen LogP contribution in [0.1, 0.15) is 23.1 Å². The number of nitrogens with one attached hydrogen (secondary N) is 2. The van der Waals surface area contributed by atoms with Gasteiger partial charge in [-0.3, -0.25) is 0 Å². The lowest BCUT2D eigenvalue weighted by Crippen LogP contribution is -2.29. The van der Waals surface area contributed by atoms with Crippen molar-refractivity contribution in [3.63, 3.8) is 0 Å². The molecule has 2 rings (SSSR count). The van der Waals surface area contributed by atoms with Gasteiger partial charge in [0.15, 0.2) is 5.11 Å². The average molecular weight is 298 g/mol. The van der Waals surface area contributed by atoms with E-state index in [0.29, 0.717) is 5.11 Å². The molecule has 0 aliphatic carbocycles. The van der Waals surface area contributed by atoms with Gasteiger partial charge in [-0.05, 0) is 56.1 Å². The summed E-state index contributed by atoms with van der Waals surface area (Å²) in [5, 5.41) is 7.21. The van der Waals surface area contributed by atoms with Gasteiger partial charge in [-0.15, -0.1) is 0 Å². The van der Waals surface area contributed by atoms with Gasteiger partial charge >= 0.3 is 0 Å². The molecule has 2 nitrogen and oxygen atoms in total. The first-order valence-corrected chi connectivity index (χ1v) is 7.72. The van der Waals surface area contributed by atoms with Gasteiger partial charge in [0.05, 0.1) is 0 Å². The lowest BCUT2D eigenvalue weighted by molar-refractivity contribution is 0.777. The van der Waals surface area contributed by atoms with Gasteiger partial charge in [0.1, 0.15) is 0 Å². The number of aryl methyl sites for hydroxylation is 3. The Bertz CT molecular complexity index is 593. The Hall–Kier alpha value is -1.87. The second-order valence-corrected chi connectivity index (χ2v) is 5.70. The summed E-state index contributed by atoms with van der Waals surface area (Å²) >= 11 is 5.34. The van der Waals surface area contributed by atoms with Crippen molar-refractivity contribution >= 4 is 23.0 Å². The molecule has 3 heteroatoms. The number of anilines is 1. The lowest BCUT2D eigenvalue weighted by Gasteiger charge is -2.13. The Morgan fingerprint density at radius 1 is 1.05 bits per heavy atom. The summed E-state index contributed by atoms with van der Waals surface area (Å²) < 4.78 is 0. The molecule has 21 heavy (non-hydrogen) atoms. The van der Waals surface area contributed by atoms with Crippen LogP contribution in [-0.4, -0.2) is 11.7 Å². The van der Waals surface area contributed by atoms with Crippen molar-refractivity contribution in [1.82, 2.24) is 5.32 Å². The predicted octanol–water partition coefficient (Wildman–Crippen LogP) is 4.22. The summed E-state index contributed by atoms with van der Waals surface area (Å²) in [4.78, 5) is 0. The van der Waals surface area contributed by atoms with E-state index in [9.17, 15) is 0 Å². The molecule has 0 radical (unpaired) electrons. The first kappa shape index (κ1) is 15.5. The van der Waals surface area contributed by atoms with Crippen LogP contribution in [0.3, 0.4) is 0 Å². The van der Waals surface area contributed by atoms with Crippen molar-refractivity contribution in [2.24, 2.45) is 0 Å². The van der Waals surface area contributed by atoms with Crippen molar-refractivity contribution in [1.29, 1.82) is 0 Å². The van der Waals surface area contributed by atoms with Gasteiger partial charge in [-0.1, -0.05) is 48.0 Å². The highest BCUT2D eigenvalue weighted by atomic mass is 32.1. The topological polar surface area (TPSA) is 24.1 Å². The third-order valence-corrected chi connectivity index (χ3v) is 3.65. The summed E-state index contributed by atoms with van der Waals surface area (Å²) in [6, 6.07) is 16.8. The second kappa shape index (κ2) is 7.79. The van der Waals surface area contributed by atoms with Crippen LogP contribution >= 0.6 is 12.2 Å². The molecule has 0 atom stereocenters. The number of hydrogen-bond acceptors (Lipinski definition) is 1. The molecule has 0 saturated heterocycles. The Labute approximate surface area is 132 Å². The summed E-state index contributed by atoms with van der Waals surface area (Å²) in [6.45, 7) is 5.07. The second-order valence-electron chi connectivity index (χ2n) is 5.29. The highest BCUT2D eigenvalue weighted by Gasteiger charge is 2.01. The molecule has 0 unspecified atom stereocenters. The maximum atomic E-state index is 5.34. The molecule has 0 fully saturated rings. The quantitative estimate of drug-likeness (QED) is 0.638. The monoisotopic (exact) mass is 298 g/mol. The van der Waals surface area contributed by atoms with Crippen LogP contribution < -0.4 is 10.6 Å². The van der Waals surface area contributed by atoms with Gasteiger partial charge in [0, 0.05) is 12.2 Å². The molecule has 2 aromatic rings. The van der Waals surface area contributed by atoms with Gasteiger partial charge in [0.25, 0.3) is 0 Å². The number of thiocarbonyl (C=S) groups is 1. The molecular weight excluding hydrogens is 276 g/mol. The molecule has 2 aromatic carbocycles. The first-order valence-electron chi connectivity index (χ1n) is 7.31. The highest BCUT2D eigenvalue weighted by Crippen LogP contribution is 2.15. The van der Waals surface area contributed by atoms with Crippen molar-refractivity contribution in [3.8, 4) is 0 Å². The van der Waals surface area contributed by atoms with Crippen LogP contribution in [0.4, 0.5) is 5.69 Å². The van der Waals surface area contributed by atoms with E-state index in [4.69, 9.17) is 12.2 Å². The minimum atomic E-state index is 0.690. The van der Waals surface area contributed by atoms with Crippen molar-refractivity contribution in [2.75, 3.05) is 11.9 Å². The average Bonchev–Trinajstić information content (AvgIpc) is 2.48. The third-order valence-electron chi connectivity index (χ3n) is 3.40. The Balaban J connectivity index is 1.72. The lowest BCUT2D eigenvalue weighted by atomic mass is 10.1. The molecular formula is C18H22N2S. The SMILES string of the molecule is Cc1ccc(NC(=S)NCCCc2ccccc2)c(C)c1. The van der Waals surface area contributed by atoms with Gasteiger partial charge < -0.3 is 10.6 Å². The number of hydrogen-bond donors (Lipinski definition) is 2. The smallest absolute Gasteiger partial charge is 0.170 e. The fraction of sp³-hybridized carbons (Fsp3) is 0.278. The van der Waals surface area contributed by atoms with E-state index in [2.05, 4.69) is 66.9 Å². The van der Waals surface area contributed by atoms with E-state index >= 15 is 0 Å². The Morgan fingerprint density at radius 2 is 1.81 bits per heavy atom. The minimum Gasteiger partial charge on any atom is -0.362 e. The predicted molar refractivity (Wildman–Crippen MR) is 94.9 cm³/mol. The molecule has 0 saturated carbocycles. The summed E-state index contributed by atoms with van der Waals surface area (Å²) in [6.07, 6.45) is 2.14. The molecule has 0 spiro atoms. The van der Waals surface area contributed by atoms with E-state index < -0.39 is 0 Å². The van der Waals surface area contributed by atoms with Crippen molar-refractivity contribution in [2.45, 2.75) is 26.7 Å². The standard InChI is InChI=1S/C18H22N2S/c1-14-10-11-17(15(2)13-14)20-18(21)19-12-6-9-16-7-4-3-5-8-16/h3-5,7-8,10-11,13H,6,9,12H2,1-2H3,(H2,19,20,21). The minimum absolute atomic E-state index is 0.690. The molecule has 0 bridgehead atoms. The molecule has 0 amide bonds. The maximum absolute atomic E-state index is 5.34. The van der Waals surface area contributed by atoms with Crippen LogP contribution in [0.5, 0.6) is 0 Å². The normalized spacial score (nSPS) is 10.2. The van der Waals surface area contributed by atoms with Gasteiger partial charge in [-0.2, -0.15) is 0 Å². The van der Waals surface area contributed by atoms with E-state index in [1.54, 1.807) is 0 Å². The van der Waals surface area contributed by atoms with Crippen LogP contribution in [0, 0.1) is 13.8 Å². The summed E-state index contributed by atoms with van der Waals surface area (Å²) in [7, 11) is 0. The highest BCUT2D eigenvalue weighted by molar-refractivity contribution is 7.80. The summed E-state index contributed by atoms with van der Waals surface area (Å²) in [5.74, 6) is 0. The molecule has 110 valence electrons. The number of rotatable bonds is 5. The Kier molecular flexibility index (Phi) is 5.76. The van der Waals surface area contributed by atoms with Crippen LogP contribution in [0.15, 0.2) is 48.5 Å². The van der Waals surface area contributed by atoms with Gasteiger partial charge in [-0.25, -0.2) is 0 Å². The molecule has 2 N–H and O–H groups in total. The fourth-order valence-electron chi connectivity index (χ4n) is 2.26. The van der Waals surface area contributed by atoms with E-state index in [1.807, 2.05) is 6.07 Å². The Morgan fingerprint density at radius 3 is 2.52 bits per heavy atom. The van der Waals surface area contributed by atoms with E-state index in [-0.39, 0.29) is 0 Å². The van der Waals surface area contributed by atoms with Crippen LogP contribution in [0.2, 0.25) is 0 Å². The molecule has 0 heterocycles. The molecule has 0 aromatic heterocycles. The van der Waals surface area contributed by atoms with Crippen molar-refractivity contribution in [3.05, 3.63) is 65.2 Å². The van der Waals surface area contributed by atoms with Crippen LogP contribution in [0.25, 0.3) is 0 Å². The zero-order valence-electron chi connectivity index (χ0n) is 12.6. The van der Waals surface area contributed by atoms with Gasteiger partial charge in [0.2, 0.25) is 0 Å². The first-order chi connectivity index (χ1) is 10.1. The van der Waals surface area contributed by atoms with Crippen molar-refractivity contribution < 1.29 is 0 Å². The zero-order valence-corrected chi connectivity index (χ0v) is 13.5. The summed E-state index contributed by atoms with van der Waals surface area (Å²) in [5.41, 5.74) is 4.91. The van der Waals surface area contributed by atoms with E-state index in [0.717, 1.165) is 25.1 Å². The maximum Gasteiger partial charge on any atom is 0.170 e.